The fourth-order valence-electron chi connectivity index (χ4n) is 4.83. The second-order valence-corrected chi connectivity index (χ2v) is 10.4. The molecule has 1 amide bonds. The van der Waals surface area contributed by atoms with Crippen molar-refractivity contribution in [2.24, 2.45) is 0 Å². The zero-order valence-electron chi connectivity index (χ0n) is 22.5. The van der Waals surface area contributed by atoms with Crippen molar-refractivity contribution in [3.8, 4) is 11.1 Å². The van der Waals surface area contributed by atoms with Gasteiger partial charge < -0.3 is 15.1 Å². The van der Waals surface area contributed by atoms with E-state index in [9.17, 15) is 31.1 Å². The summed E-state index contributed by atoms with van der Waals surface area (Å²) in [5, 5.41) is 3.28. The van der Waals surface area contributed by atoms with Crippen LogP contribution in [0.15, 0.2) is 54.7 Å². The summed E-state index contributed by atoms with van der Waals surface area (Å²) in [6, 6.07) is 10.7. The lowest BCUT2D eigenvalue weighted by Crippen LogP contribution is -2.44. The van der Waals surface area contributed by atoms with E-state index in [0.29, 0.717) is 29.2 Å². The Balaban J connectivity index is 1.80. The van der Waals surface area contributed by atoms with Crippen molar-refractivity contribution in [1.82, 2.24) is 10.3 Å². The van der Waals surface area contributed by atoms with Gasteiger partial charge in [0.2, 0.25) is 5.91 Å². The van der Waals surface area contributed by atoms with Crippen molar-refractivity contribution in [2.75, 3.05) is 43.0 Å². The van der Waals surface area contributed by atoms with E-state index >= 15 is 0 Å². The van der Waals surface area contributed by atoms with E-state index in [0.717, 1.165) is 37.3 Å². The SMILES string of the molecule is Cc1ccccc1-c1cc(N2CCNCC2)ncc1N(C)C(=O)C(C)(C)c1cc(C(F)(F)F)cc(C(F)(F)F)c1. The molecule has 214 valence electrons. The Kier molecular flexibility index (Phi) is 7.90. The first-order valence-corrected chi connectivity index (χ1v) is 12.7. The van der Waals surface area contributed by atoms with Gasteiger partial charge in [-0.15, -0.1) is 0 Å². The van der Waals surface area contributed by atoms with Crippen LogP contribution in [-0.2, 0) is 22.6 Å². The Bertz CT molecular complexity index is 1360. The predicted octanol–water partition coefficient (Wildman–Crippen LogP) is 6.44. The van der Waals surface area contributed by atoms with Crippen LogP contribution in [0.5, 0.6) is 0 Å². The summed E-state index contributed by atoms with van der Waals surface area (Å²) in [6.45, 7) is 7.59. The van der Waals surface area contributed by atoms with Gasteiger partial charge in [-0.2, -0.15) is 26.3 Å². The first kappa shape index (κ1) is 29.4. The molecule has 1 N–H and O–H groups in total. The summed E-state index contributed by atoms with van der Waals surface area (Å²) < 4.78 is 81.2. The summed E-state index contributed by atoms with van der Waals surface area (Å²) >= 11 is 0. The van der Waals surface area contributed by atoms with Crippen LogP contribution in [-0.4, -0.2) is 44.1 Å². The minimum absolute atomic E-state index is 0.0583. The lowest BCUT2D eigenvalue weighted by atomic mass is 9.81. The fourth-order valence-corrected chi connectivity index (χ4v) is 4.83. The van der Waals surface area contributed by atoms with Crippen LogP contribution in [0.25, 0.3) is 11.1 Å². The molecule has 3 aromatic rings. The lowest BCUT2D eigenvalue weighted by molar-refractivity contribution is -0.143. The number of aryl methyl sites for hydroxylation is 1. The molecule has 0 atom stereocenters. The topological polar surface area (TPSA) is 48.5 Å². The molecule has 0 unspecified atom stereocenters. The number of pyridine rings is 1. The smallest absolute Gasteiger partial charge is 0.354 e. The van der Waals surface area contributed by atoms with E-state index in [1.165, 1.54) is 32.0 Å². The molecule has 1 saturated heterocycles. The summed E-state index contributed by atoms with van der Waals surface area (Å²) in [5.74, 6) is 0.0165. The van der Waals surface area contributed by atoms with Gasteiger partial charge in [0.1, 0.15) is 5.82 Å². The average Bonchev–Trinajstić information content (AvgIpc) is 2.91. The van der Waals surface area contributed by atoms with Crippen LogP contribution < -0.4 is 15.1 Å². The number of amides is 1. The van der Waals surface area contributed by atoms with Crippen LogP contribution in [0.4, 0.5) is 37.8 Å². The molecule has 11 heteroatoms. The molecular weight excluding hydrogens is 534 g/mol. The fraction of sp³-hybridized carbons (Fsp3) is 0.379. The number of piperazine rings is 1. The standard InChI is InChI=1S/C29H30F6N4O/c1-18-7-5-6-8-22(18)23-16-25(39-11-9-36-10-12-39)37-17-24(23)38(4)26(40)27(2,3)19-13-20(28(30,31)32)15-21(14-19)29(33,34)35/h5-8,13-17,36H,9-12H2,1-4H3. The molecule has 1 aromatic heterocycles. The monoisotopic (exact) mass is 564 g/mol. The Labute approximate surface area is 228 Å². The number of hydrogen-bond acceptors (Lipinski definition) is 4. The number of carbonyl (C=O) groups is 1. The molecule has 0 spiro atoms. The van der Waals surface area contributed by atoms with E-state index in [4.69, 9.17) is 0 Å². The molecule has 0 bridgehead atoms. The molecule has 4 rings (SSSR count). The van der Waals surface area contributed by atoms with Crippen LogP contribution in [0, 0.1) is 6.92 Å². The molecule has 40 heavy (non-hydrogen) atoms. The maximum absolute atomic E-state index is 13.9. The second-order valence-electron chi connectivity index (χ2n) is 10.4. The van der Waals surface area contributed by atoms with Crippen molar-refractivity contribution in [2.45, 2.75) is 38.5 Å². The summed E-state index contributed by atoms with van der Waals surface area (Å²) in [5.41, 5.74) is -2.26. The number of alkyl halides is 6. The van der Waals surface area contributed by atoms with E-state index in [1.54, 1.807) is 0 Å². The Morgan fingerprint density at radius 3 is 1.98 bits per heavy atom. The maximum atomic E-state index is 13.9. The molecule has 1 aliphatic heterocycles. The molecule has 0 radical (unpaired) electrons. The molecule has 0 aliphatic carbocycles. The van der Waals surface area contributed by atoms with Crippen LogP contribution in [0.1, 0.15) is 36.1 Å². The molecule has 2 aromatic carbocycles. The van der Waals surface area contributed by atoms with Crippen LogP contribution in [0.3, 0.4) is 0 Å². The molecule has 1 aliphatic rings. The third-order valence-corrected chi connectivity index (χ3v) is 7.25. The second kappa shape index (κ2) is 10.8. The van der Waals surface area contributed by atoms with Crippen LogP contribution >= 0.6 is 0 Å². The minimum atomic E-state index is -5.03. The summed E-state index contributed by atoms with van der Waals surface area (Å²) in [6.07, 6.45) is -8.52. The normalized spacial score (nSPS) is 14.8. The van der Waals surface area contributed by atoms with Crippen molar-refractivity contribution >= 4 is 17.4 Å². The number of aromatic nitrogens is 1. The molecule has 0 saturated carbocycles. The Morgan fingerprint density at radius 1 is 0.875 bits per heavy atom. The van der Waals surface area contributed by atoms with Gasteiger partial charge in [0.05, 0.1) is 28.4 Å². The van der Waals surface area contributed by atoms with E-state index in [2.05, 4.69) is 15.2 Å². The van der Waals surface area contributed by atoms with Gasteiger partial charge in [0.15, 0.2) is 0 Å². The zero-order chi connectivity index (χ0) is 29.5. The number of hydrogen-bond donors (Lipinski definition) is 1. The largest absolute Gasteiger partial charge is 0.416 e. The van der Waals surface area contributed by atoms with E-state index < -0.39 is 40.4 Å². The van der Waals surface area contributed by atoms with Gasteiger partial charge in [0, 0.05) is 38.8 Å². The predicted molar refractivity (Wildman–Crippen MR) is 142 cm³/mol. The highest BCUT2D eigenvalue weighted by molar-refractivity contribution is 6.03. The summed E-state index contributed by atoms with van der Waals surface area (Å²) in [4.78, 5) is 21.8. The molecule has 1 fully saturated rings. The third kappa shape index (κ3) is 5.94. The van der Waals surface area contributed by atoms with Crippen LogP contribution in [0.2, 0.25) is 0 Å². The third-order valence-electron chi connectivity index (χ3n) is 7.25. The van der Waals surface area contributed by atoms with Gasteiger partial charge in [0.25, 0.3) is 0 Å². The van der Waals surface area contributed by atoms with Gasteiger partial charge in [-0.05, 0) is 61.7 Å². The molecule has 2 heterocycles. The molecule has 5 nitrogen and oxygen atoms in total. The highest BCUT2D eigenvalue weighted by Crippen LogP contribution is 2.41. The summed E-state index contributed by atoms with van der Waals surface area (Å²) in [7, 11) is 1.45. The number of rotatable bonds is 5. The Hall–Kier alpha value is -3.60. The lowest BCUT2D eigenvalue weighted by Gasteiger charge is -2.33. The number of nitrogens with one attached hydrogen (secondary N) is 1. The average molecular weight is 565 g/mol. The van der Waals surface area contributed by atoms with Crippen molar-refractivity contribution in [3.63, 3.8) is 0 Å². The molecular formula is C29H30F6N4O. The highest BCUT2D eigenvalue weighted by Gasteiger charge is 2.41. The number of carbonyl (C=O) groups excluding carboxylic acids is 1. The number of nitrogens with zero attached hydrogens (tertiary/aromatic N) is 3. The van der Waals surface area contributed by atoms with Crippen molar-refractivity contribution in [3.05, 3.63) is 77.0 Å². The van der Waals surface area contributed by atoms with E-state index in [1.807, 2.05) is 37.3 Å². The van der Waals surface area contributed by atoms with Crippen molar-refractivity contribution < 1.29 is 31.1 Å². The number of anilines is 2. The first-order valence-electron chi connectivity index (χ1n) is 12.7. The number of likely N-dealkylation sites (N-methyl/N-ethyl adjacent to an activating group) is 1. The van der Waals surface area contributed by atoms with Gasteiger partial charge in [-0.3, -0.25) is 4.79 Å². The quantitative estimate of drug-likeness (QED) is 0.362. The maximum Gasteiger partial charge on any atom is 0.416 e. The number of halogens is 6. The minimum Gasteiger partial charge on any atom is -0.354 e. The Morgan fingerprint density at radius 2 is 1.43 bits per heavy atom. The number of benzene rings is 2. The zero-order valence-corrected chi connectivity index (χ0v) is 22.5. The van der Waals surface area contributed by atoms with Gasteiger partial charge >= 0.3 is 12.4 Å². The van der Waals surface area contributed by atoms with Gasteiger partial charge in [-0.1, -0.05) is 24.3 Å². The van der Waals surface area contributed by atoms with Gasteiger partial charge in [-0.25, -0.2) is 4.98 Å². The first-order chi connectivity index (χ1) is 18.6. The van der Waals surface area contributed by atoms with Crippen molar-refractivity contribution in [1.29, 1.82) is 0 Å². The van der Waals surface area contributed by atoms with E-state index in [-0.39, 0.29) is 6.07 Å². The highest BCUT2D eigenvalue weighted by atomic mass is 19.4.